The van der Waals surface area contributed by atoms with Gasteiger partial charge in [0.1, 0.15) is 0 Å². The number of carbonyl (C=O) groups is 1. The van der Waals surface area contributed by atoms with Crippen molar-refractivity contribution >= 4 is 33.4 Å². The molecule has 1 aromatic rings. The molecule has 20 heavy (non-hydrogen) atoms. The van der Waals surface area contributed by atoms with Crippen molar-refractivity contribution < 1.29 is 4.79 Å². The fourth-order valence-corrected chi connectivity index (χ4v) is 3.91. The van der Waals surface area contributed by atoms with Gasteiger partial charge in [-0.1, -0.05) is 11.6 Å². The maximum Gasteiger partial charge on any atom is 0.255 e. The number of benzene rings is 1. The number of rotatable bonds is 1. The molecule has 2 saturated heterocycles. The van der Waals surface area contributed by atoms with Gasteiger partial charge in [-0.2, -0.15) is 0 Å². The first-order valence-electron chi connectivity index (χ1n) is 7.02. The lowest BCUT2D eigenvalue weighted by atomic mass is 10.1. The highest BCUT2D eigenvalue weighted by Gasteiger charge is 2.36. The van der Waals surface area contributed by atoms with Crippen LogP contribution in [0.2, 0.25) is 5.02 Å². The van der Waals surface area contributed by atoms with E-state index in [9.17, 15) is 4.79 Å². The summed E-state index contributed by atoms with van der Waals surface area (Å²) in [6.45, 7) is 1.66. The van der Waals surface area contributed by atoms with Crippen LogP contribution in [-0.4, -0.2) is 47.9 Å². The first kappa shape index (κ1) is 14.4. The number of carbonyl (C=O) groups excluding carboxylic acids is 1. The van der Waals surface area contributed by atoms with Crippen molar-refractivity contribution in [1.82, 2.24) is 9.80 Å². The second-order valence-corrected chi connectivity index (χ2v) is 7.01. The third-order valence-corrected chi connectivity index (χ3v) is 5.52. The van der Waals surface area contributed by atoms with Crippen molar-refractivity contribution in [3.8, 4) is 0 Å². The summed E-state index contributed by atoms with van der Waals surface area (Å²) < 4.78 is 0.815. The number of hydrogen-bond donors (Lipinski definition) is 0. The Kier molecular flexibility index (Phi) is 4.07. The lowest BCUT2D eigenvalue weighted by molar-refractivity contribution is 0.0739. The molecule has 2 bridgehead atoms. The molecular formula is C15H18BrClN2O. The maximum atomic E-state index is 12.7. The molecular weight excluding hydrogens is 340 g/mol. The molecule has 0 spiro atoms. The SMILES string of the molecule is CN1C2CCC1CN(C(=O)c1cc(Cl)ccc1Br)CC2. The van der Waals surface area contributed by atoms with Gasteiger partial charge in [0, 0.05) is 34.7 Å². The number of fused-ring (bicyclic) bond motifs is 2. The lowest BCUT2D eigenvalue weighted by Crippen LogP contribution is -2.39. The molecule has 2 fully saturated rings. The highest BCUT2D eigenvalue weighted by molar-refractivity contribution is 9.10. The summed E-state index contributed by atoms with van der Waals surface area (Å²) in [4.78, 5) is 17.2. The van der Waals surface area contributed by atoms with Crippen LogP contribution in [0.5, 0.6) is 0 Å². The van der Waals surface area contributed by atoms with E-state index < -0.39 is 0 Å². The Morgan fingerprint density at radius 3 is 2.85 bits per heavy atom. The van der Waals surface area contributed by atoms with Gasteiger partial charge in [-0.3, -0.25) is 9.69 Å². The zero-order chi connectivity index (χ0) is 14.3. The van der Waals surface area contributed by atoms with Gasteiger partial charge in [0.2, 0.25) is 0 Å². The third-order valence-electron chi connectivity index (χ3n) is 4.59. The predicted molar refractivity (Wildman–Crippen MR) is 84.2 cm³/mol. The molecule has 1 amide bonds. The van der Waals surface area contributed by atoms with E-state index in [0.29, 0.717) is 22.7 Å². The van der Waals surface area contributed by atoms with Crippen LogP contribution >= 0.6 is 27.5 Å². The fraction of sp³-hybridized carbons (Fsp3) is 0.533. The Hall–Kier alpha value is -0.580. The van der Waals surface area contributed by atoms with Gasteiger partial charge in [0.25, 0.3) is 5.91 Å². The zero-order valence-electron chi connectivity index (χ0n) is 11.5. The van der Waals surface area contributed by atoms with E-state index in [1.54, 1.807) is 12.1 Å². The molecule has 2 aliphatic heterocycles. The molecule has 2 heterocycles. The monoisotopic (exact) mass is 356 g/mol. The zero-order valence-corrected chi connectivity index (χ0v) is 13.8. The van der Waals surface area contributed by atoms with E-state index in [0.717, 1.165) is 24.0 Å². The van der Waals surface area contributed by atoms with Crippen LogP contribution in [0.3, 0.4) is 0 Å². The van der Waals surface area contributed by atoms with Crippen LogP contribution in [0.4, 0.5) is 0 Å². The summed E-state index contributed by atoms with van der Waals surface area (Å²) >= 11 is 9.47. The van der Waals surface area contributed by atoms with Crippen molar-refractivity contribution in [1.29, 1.82) is 0 Å². The van der Waals surface area contributed by atoms with Gasteiger partial charge < -0.3 is 4.90 Å². The van der Waals surface area contributed by atoms with E-state index in [-0.39, 0.29) is 5.91 Å². The highest BCUT2D eigenvalue weighted by atomic mass is 79.9. The second-order valence-electron chi connectivity index (χ2n) is 5.71. The molecule has 0 N–H and O–H groups in total. The number of hydrogen-bond acceptors (Lipinski definition) is 2. The van der Waals surface area contributed by atoms with Crippen molar-refractivity contribution in [2.24, 2.45) is 0 Å². The van der Waals surface area contributed by atoms with E-state index in [1.165, 1.54) is 12.8 Å². The Labute approximate surface area is 133 Å². The van der Waals surface area contributed by atoms with Crippen molar-refractivity contribution in [2.75, 3.05) is 20.1 Å². The first-order chi connectivity index (χ1) is 9.56. The first-order valence-corrected chi connectivity index (χ1v) is 8.19. The Balaban J connectivity index is 1.82. The van der Waals surface area contributed by atoms with E-state index in [4.69, 9.17) is 11.6 Å². The van der Waals surface area contributed by atoms with Gasteiger partial charge in [-0.25, -0.2) is 0 Å². The van der Waals surface area contributed by atoms with E-state index >= 15 is 0 Å². The van der Waals surface area contributed by atoms with Crippen LogP contribution in [0, 0.1) is 0 Å². The minimum absolute atomic E-state index is 0.0836. The summed E-state index contributed by atoms with van der Waals surface area (Å²) in [7, 11) is 2.19. The van der Waals surface area contributed by atoms with Crippen LogP contribution in [0.1, 0.15) is 29.6 Å². The van der Waals surface area contributed by atoms with Gasteiger partial charge in [0.15, 0.2) is 0 Å². The van der Waals surface area contributed by atoms with Gasteiger partial charge >= 0.3 is 0 Å². The summed E-state index contributed by atoms with van der Waals surface area (Å²) in [5, 5.41) is 0.602. The normalized spacial score (nSPS) is 26.6. The Bertz CT molecular complexity index is 537. The van der Waals surface area contributed by atoms with E-state index in [1.807, 2.05) is 11.0 Å². The highest BCUT2D eigenvalue weighted by Crippen LogP contribution is 2.30. The average molecular weight is 358 g/mol. The summed E-state index contributed by atoms with van der Waals surface area (Å²) in [5.41, 5.74) is 0.665. The van der Waals surface area contributed by atoms with Gasteiger partial charge in [-0.05, 0) is 60.4 Å². The summed E-state index contributed by atoms with van der Waals surface area (Å²) in [5.74, 6) is 0.0836. The molecule has 0 radical (unpaired) electrons. The Morgan fingerprint density at radius 1 is 1.30 bits per heavy atom. The maximum absolute atomic E-state index is 12.7. The second kappa shape index (κ2) is 5.66. The number of nitrogens with zero attached hydrogens (tertiary/aromatic N) is 2. The molecule has 108 valence electrons. The molecule has 0 aliphatic carbocycles. The smallest absolute Gasteiger partial charge is 0.255 e. The van der Waals surface area contributed by atoms with Gasteiger partial charge in [0.05, 0.1) is 5.56 Å². The number of likely N-dealkylation sites (N-methyl/N-ethyl adjacent to an activating group) is 1. The molecule has 3 nitrogen and oxygen atoms in total. The molecule has 2 aliphatic rings. The molecule has 1 aromatic carbocycles. The van der Waals surface area contributed by atoms with Crippen LogP contribution < -0.4 is 0 Å². The number of amides is 1. The molecule has 2 atom stereocenters. The van der Waals surface area contributed by atoms with Crippen LogP contribution in [0.15, 0.2) is 22.7 Å². The fourth-order valence-electron chi connectivity index (χ4n) is 3.32. The van der Waals surface area contributed by atoms with Crippen molar-refractivity contribution in [3.05, 3.63) is 33.3 Å². The van der Waals surface area contributed by atoms with Gasteiger partial charge in [-0.15, -0.1) is 0 Å². The van der Waals surface area contributed by atoms with Crippen molar-refractivity contribution in [3.63, 3.8) is 0 Å². The Morgan fingerprint density at radius 2 is 2.05 bits per heavy atom. The molecule has 2 unspecified atom stereocenters. The van der Waals surface area contributed by atoms with Crippen molar-refractivity contribution in [2.45, 2.75) is 31.3 Å². The number of halogens is 2. The molecule has 0 saturated carbocycles. The van der Waals surface area contributed by atoms with E-state index in [2.05, 4.69) is 27.9 Å². The number of likely N-dealkylation sites (tertiary alicyclic amines) is 1. The molecule has 3 rings (SSSR count). The molecule has 5 heteroatoms. The lowest BCUT2D eigenvalue weighted by Gasteiger charge is -2.26. The predicted octanol–water partition coefficient (Wildman–Crippen LogP) is 3.41. The minimum Gasteiger partial charge on any atom is -0.337 e. The largest absolute Gasteiger partial charge is 0.337 e. The average Bonchev–Trinajstić information content (AvgIpc) is 2.65. The van der Waals surface area contributed by atoms with Crippen LogP contribution in [-0.2, 0) is 0 Å². The summed E-state index contributed by atoms with van der Waals surface area (Å²) in [6, 6.07) is 6.53. The topological polar surface area (TPSA) is 23.6 Å². The quantitative estimate of drug-likeness (QED) is 0.769. The minimum atomic E-state index is 0.0836. The standard InChI is InChI=1S/C15H18BrClN2O/c1-18-11-3-4-12(18)9-19(7-6-11)15(20)13-8-10(17)2-5-14(13)16/h2,5,8,11-12H,3-4,6-7,9H2,1H3. The summed E-state index contributed by atoms with van der Waals surface area (Å²) in [6.07, 6.45) is 3.53. The van der Waals surface area contributed by atoms with Crippen LogP contribution in [0.25, 0.3) is 0 Å². The molecule has 0 aromatic heterocycles. The third kappa shape index (κ3) is 2.61.